The summed E-state index contributed by atoms with van der Waals surface area (Å²) < 4.78 is 7.10. The van der Waals surface area contributed by atoms with E-state index in [1.165, 1.54) is 17.9 Å². The number of pyridine rings is 1. The molecular weight excluding hydrogens is 356 g/mol. The number of nitriles is 1. The summed E-state index contributed by atoms with van der Waals surface area (Å²) in [6.07, 6.45) is 1.66. The lowest BCUT2D eigenvalue weighted by Crippen LogP contribution is -2.20. The van der Waals surface area contributed by atoms with Crippen LogP contribution in [0.1, 0.15) is 42.4 Å². The summed E-state index contributed by atoms with van der Waals surface area (Å²) in [7, 11) is 1.54. The molecule has 0 saturated carbocycles. The first-order chi connectivity index (χ1) is 13.3. The molecule has 1 aromatic carbocycles. The molecule has 0 aliphatic heterocycles. The molecule has 0 aliphatic carbocycles. The normalized spacial score (nSPS) is 11.1. The Hall–Kier alpha value is -3.66. The van der Waals surface area contributed by atoms with Crippen molar-refractivity contribution in [3.63, 3.8) is 0 Å². The highest BCUT2D eigenvalue weighted by atomic mass is 16.5. The van der Waals surface area contributed by atoms with Crippen LogP contribution in [0.5, 0.6) is 5.88 Å². The topological polar surface area (TPSA) is 101 Å². The molecule has 2 heterocycles. The van der Waals surface area contributed by atoms with Crippen LogP contribution in [0.25, 0.3) is 16.9 Å². The molecule has 0 aliphatic rings. The van der Waals surface area contributed by atoms with Crippen molar-refractivity contribution < 1.29 is 14.6 Å². The Balaban J connectivity index is 2.13. The number of carbonyl (C=O) groups is 1. The summed E-state index contributed by atoms with van der Waals surface area (Å²) in [6.45, 7) is 5.73. The second-order valence-electron chi connectivity index (χ2n) is 7.29. The van der Waals surface area contributed by atoms with E-state index in [4.69, 9.17) is 10.00 Å². The summed E-state index contributed by atoms with van der Waals surface area (Å²) in [5.41, 5.74) is 2.33. The lowest BCUT2D eigenvalue weighted by Gasteiger charge is -2.21. The molecule has 0 radical (unpaired) electrons. The van der Waals surface area contributed by atoms with Crippen LogP contribution in [0.2, 0.25) is 0 Å². The first kappa shape index (κ1) is 19.1. The van der Waals surface area contributed by atoms with Crippen LogP contribution in [-0.2, 0) is 5.41 Å². The minimum absolute atomic E-state index is 0.162. The standard InChI is InChI=1S/C21H20N4O3/c1-21(2,3)18-15(20(26)27)9-10-17(24-18)25-19(28-4)16(12-23-25)14-7-5-13(11-22)6-8-14/h5-10,12H,1-4H3,(H,26,27). The highest BCUT2D eigenvalue weighted by Crippen LogP contribution is 2.33. The average molecular weight is 376 g/mol. The number of methoxy groups -OCH3 is 1. The van der Waals surface area contributed by atoms with Gasteiger partial charge in [0.05, 0.1) is 41.8 Å². The number of rotatable bonds is 4. The van der Waals surface area contributed by atoms with Gasteiger partial charge in [-0.2, -0.15) is 15.0 Å². The van der Waals surface area contributed by atoms with E-state index in [0.29, 0.717) is 23.0 Å². The summed E-state index contributed by atoms with van der Waals surface area (Å²) in [5, 5.41) is 22.8. The van der Waals surface area contributed by atoms with E-state index in [1.807, 2.05) is 32.9 Å². The smallest absolute Gasteiger partial charge is 0.337 e. The maximum atomic E-state index is 11.6. The number of benzene rings is 1. The molecular formula is C21H20N4O3. The van der Waals surface area contributed by atoms with Gasteiger partial charge in [0.15, 0.2) is 5.82 Å². The van der Waals surface area contributed by atoms with E-state index in [-0.39, 0.29) is 5.56 Å². The zero-order valence-corrected chi connectivity index (χ0v) is 16.1. The van der Waals surface area contributed by atoms with Crippen molar-refractivity contribution in [2.24, 2.45) is 0 Å². The number of aromatic carboxylic acids is 1. The first-order valence-corrected chi connectivity index (χ1v) is 8.64. The molecule has 28 heavy (non-hydrogen) atoms. The van der Waals surface area contributed by atoms with Gasteiger partial charge in [0.2, 0.25) is 5.88 Å². The average Bonchev–Trinajstić information content (AvgIpc) is 3.10. The number of hydrogen-bond donors (Lipinski definition) is 1. The summed E-state index contributed by atoms with van der Waals surface area (Å²) in [5.74, 6) is -0.0820. The van der Waals surface area contributed by atoms with Crippen molar-refractivity contribution in [3.8, 4) is 28.9 Å². The number of carboxylic acid groups (broad SMARTS) is 1. The SMILES string of the molecule is COc1c(-c2ccc(C#N)cc2)cnn1-c1ccc(C(=O)O)c(C(C)(C)C)n1. The van der Waals surface area contributed by atoms with Crippen molar-refractivity contribution >= 4 is 5.97 Å². The lowest BCUT2D eigenvalue weighted by molar-refractivity contribution is 0.0693. The van der Waals surface area contributed by atoms with Gasteiger partial charge in [0.25, 0.3) is 0 Å². The third-order valence-electron chi connectivity index (χ3n) is 4.28. The molecule has 3 aromatic rings. The van der Waals surface area contributed by atoms with Crippen LogP contribution in [0.15, 0.2) is 42.6 Å². The quantitative estimate of drug-likeness (QED) is 0.743. The molecule has 7 heteroatoms. The van der Waals surface area contributed by atoms with Gasteiger partial charge in [0.1, 0.15) is 0 Å². The largest absolute Gasteiger partial charge is 0.480 e. The van der Waals surface area contributed by atoms with Crippen molar-refractivity contribution in [2.45, 2.75) is 26.2 Å². The van der Waals surface area contributed by atoms with E-state index in [2.05, 4.69) is 16.2 Å². The minimum atomic E-state index is -1.02. The third-order valence-corrected chi connectivity index (χ3v) is 4.28. The van der Waals surface area contributed by atoms with E-state index in [0.717, 1.165) is 11.1 Å². The van der Waals surface area contributed by atoms with Gasteiger partial charge >= 0.3 is 5.97 Å². The maximum Gasteiger partial charge on any atom is 0.337 e. The zero-order valence-electron chi connectivity index (χ0n) is 16.1. The number of hydrogen-bond acceptors (Lipinski definition) is 5. The summed E-state index contributed by atoms with van der Waals surface area (Å²) in [4.78, 5) is 16.1. The minimum Gasteiger partial charge on any atom is -0.480 e. The van der Waals surface area contributed by atoms with E-state index >= 15 is 0 Å². The molecule has 0 unspecified atom stereocenters. The van der Waals surface area contributed by atoms with Crippen LogP contribution < -0.4 is 4.74 Å². The Morgan fingerprint density at radius 1 is 1.18 bits per heavy atom. The Bertz CT molecular complexity index is 1070. The number of ether oxygens (including phenoxy) is 1. The molecule has 3 rings (SSSR count). The van der Waals surface area contributed by atoms with Crippen molar-refractivity contribution in [2.75, 3.05) is 7.11 Å². The van der Waals surface area contributed by atoms with Gasteiger partial charge < -0.3 is 9.84 Å². The fourth-order valence-corrected chi connectivity index (χ4v) is 2.93. The van der Waals surface area contributed by atoms with Gasteiger partial charge in [-0.25, -0.2) is 9.78 Å². The van der Waals surface area contributed by atoms with E-state index in [1.54, 1.807) is 24.4 Å². The van der Waals surface area contributed by atoms with Crippen LogP contribution in [0, 0.1) is 11.3 Å². The maximum absolute atomic E-state index is 11.6. The Morgan fingerprint density at radius 2 is 1.86 bits per heavy atom. The second-order valence-corrected chi connectivity index (χ2v) is 7.29. The summed E-state index contributed by atoms with van der Waals surface area (Å²) in [6, 6.07) is 12.3. The highest BCUT2D eigenvalue weighted by Gasteiger charge is 2.25. The number of aromatic nitrogens is 3. The van der Waals surface area contributed by atoms with Crippen molar-refractivity contribution in [3.05, 3.63) is 59.4 Å². The monoisotopic (exact) mass is 376 g/mol. The molecule has 7 nitrogen and oxygen atoms in total. The lowest BCUT2D eigenvalue weighted by atomic mass is 9.88. The van der Waals surface area contributed by atoms with Crippen molar-refractivity contribution in [1.82, 2.24) is 14.8 Å². The molecule has 0 saturated heterocycles. The molecule has 0 fully saturated rings. The number of carboxylic acids is 1. The van der Waals surface area contributed by atoms with Gasteiger partial charge in [0, 0.05) is 5.41 Å². The van der Waals surface area contributed by atoms with Gasteiger partial charge in [-0.1, -0.05) is 32.9 Å². The Kier molecular flexibility index (Phi) is 4.89. The predicted octanol–water partition coefficient (Wildman–Crippen LogP) is 3.81. The fraction of sp³-hybridized carbons (Fsp3) is 0.238. The van der Waals surface area contributed by atoms with Crippen LogP contribution in [0.3, 0.4) is 0 Å². The van der Waals surface area contributed by atoms with Gasteiger partial charge in [-0.3, -0.25) is 0 Å². The second kappa shape index (κ2) is 7.16. The number of nitrogens with zero attached hydrogens (tertiary/aromatic N) is 4. The molecule has 2 aromatic heterocycles. The first-order valence-electron chi connectivity index (χ1n) is 8.64. The predicted molar refractivity (Wildman–Crippen MR) is 104 cm³/mol. The third kappa shape index (κ3) is 3.45. The van der Waals surface area contributed by atoms with E-state index in [9.17, 15) is 9.90 Å². The molecule has 0 amide bonds. The summed E-state index contributed by atoms with van der Waals surface area (Å²) >= 11 is 0. The molecule has 1 N–H and O–H groups in total. The van der Waals surface area contributed by atoms with Crippen LogP contribution >= 0.6 is 0 Å². The Morgan fingerprint density at radius 3 is 2.39 bits per heavy atom. The fourth-order valence-electron chi connectivity index (χ4n) is 2.93. The molecule has 0 atom stereocenters. The highest BCUT2D eigenvalue weighted by molar-refractivity contribution is 5.89. The Labute approximate surface area is 162 Å². The van der Waals surface area contributed by atoms with Crippen LogP contribution in [0.4, 0.5) is 0 Å². The molecule has 0 bridgehead atoms. The van der Waals surface area contributed by atoms with Gasteiger partial charge in [-0.05, 0) is 29.8 Å². The van der Waals surface area contributed by atoms with Crippen LogP contribution in [-0.4, -0.2) is 33.0 Å². The van der Waals surface area contributed by atoms with Crippen molar-refractivity contribution in [1.29, 1.82) is 5.26 Å². The zero-order chi connectivity index (χ0) is 20.5. The molecule has 0 spiro atoms. The van der Waals surface area contributed by atoms with E-state index < -0.39 is 11.4 Å². The van der Waals surface area contributed by atoms with Gasteiger partial charge in [-0.15, -0.1) is 0 Å². The molecule has 142 valence electrons.